The molecule has 1 aliphatic rings. The van der Waals surface area contributed by atoms with Crippen LogP contribution in [0.2, 0.25) is 0 Å². The van der Waals surface area contributed by atoms with Gasteiger partial charge in [0.1, 0.15) is 0 Å². The monoisotopic (exact) mass is 392 g/mol. The lowest BCUT2D eigenvalue weighted by Crippen LogP contribution is -2.13. The van der Waals surface area contributed by atoms with Crippen LogP contribution in [0.3, 0.4) is 0 Å². The van der Waals surface area contributed by atoms with E-state index in [2.05, 4.69) is 83.7 Å². The molecule has 0 radical (unpaired) electrons. The van der Waals surface area contributed by atoms with Gasteiger partial charge in [-0.1, -0.05) is 48.2 Å². The molecule has 5 rings (SSSR count). The molecular weight excluding hydrogens is 372 g/mol. The van der Waals surface area contributed by atoms with Gasteiger partial charge in [0, 0.05) is 24.1 Å². The molecule has 0 N–H and O–H groups in total. The Labute approximate surface area is 175 Å². The molecule has 0 fully saturated rings. The van der Waals surface area contributed by atoms with Crippen LogP contribution in [0.4, 0.5) is 5.69 Å². The number of hydrogen-bond donors (Lipinski definition) is 0. The van der Waals surface area contributed by atoms with Crippen LogP contribution in [0.5, 0.6) is 0 Å². The number of rotatable bonds is 3. The molecule has 0 bridgehead atoms. The first-order chi connectivity index (χ1) is 14.3. The molecule has 4 aromatic rings. The summed E-state index contributed by atoms with van der Waals surface area (Å²) < 4.78 is 1.25. The average molecular weight is 393 g/mol. The van der Waals surface area contributed by atoms with Crippen molar-refractivity contribution in [2.75, 3.05) is 0 Å². The number of aromatic nitrogens is 1. The molecule has 3 heteroatoms. The van der Waals surface area contributed by atoms with Crippen LogP contribution in [0.15, 0.2) is 77.2 Å². The van der Waals surface area contributed by atoms with E-state index in [9.17, 15) is 0 Å². The summed E-state index contributed by atoms with van der Waals surface area (Å²) in [4.78, 5) is 9.15. The van der Waals surface area contributed by atoms with Gasteiger partial charge >= 0.3 is 0 Å². The van der Waals surface area contributed by atoms with E-state index >= 15 is 0 Å². The molecule has 1 atom stereocenters. The smallest absolute Gasteiger partial charge is 0.0814 e. The Morgan fingerprint density at radius 2 is 1.90 bits per heavy atom. The average Bonchev–Trinajstić information content (AvgIpc) is 3.22. The zero-order valence-electron chi connectivity index (χ0n) is 16.0. The predicted octanol–water partition coefficient (Wildman–Crippen LogP) is 6.01. The van der Waals surface area contributed by atoms with Crippen molar-refractivity contribution >= 4 is 33.5 Å². The number of nitrogens with zero attached hydrogens (tertiary/aromatic N) is 2. The second-order valence-corrected chi connectivity index (χ2v) is 8.29. The molecule has 29 heavy (non-hydrogen) atoms. The molecule has 140 valence electrons. The van der Waals surface area contributed by atoms with Crippen molar-refractivity contribution in [2.45, 2.75) is 19.3 Å². The summed E-state index contributed by atoms with van der Waals surface area (Å²) in [7, 11) is 0. The Hall–Kier alpha value is -3.22. The third kappa shape index (κ3) is 4.13. The highest BCUT2D eigenvalue weighted by Crippen LogP contribution is 2.29. The Bertz CT molecular complexity index is 1240. The molecule has 2 nitrogen and oxygen atoms in total. The van der Waals surface area contributed by atoms with Gasteiger partial charge in [-0.25, -0.2) is 4.98 Å². The van der Waals surface area contributed by atoms with E-state index in [0.29, 0.717) is 5.92 Å². The predicted molar refractivity (Wildman–Crippen MR) is 122 cm³/mol. The summed E-state index contributed by atoms with van der Waals surface area (Å²) in [6.45, 7) is 0. The molecule has 1 aromatic heterocycles. The van der Waals surface area contributed by atoms with Crippen molar-refractivity contribution in [3.8, 4) is 11.8 Å². The Balaban J connectivity index is 1.30. The Kier molecular flexibility index (Phi) is 4.94. The minimum atomic E-state index is 0.408. The van der Waals surface area contributed by atoms with Crippen LogP contribution in [0.1, 0.15) is 22.3 Å². The van der Waals surface area contributed by atoms with Crippen molar-refractivity contribution < 1.29 is 0 Å². The van der Waals surface area contributed by atoms with Crippen LogP contribution in [0, 0.1) is 17.8 Å². The van der Waals surface area contributed by atoms with E-state index in [1.165, 1.54) is 21.4 Å². The van der Waals surface area contributed by atoms with E-state index < -0.39 is 0 Å². The molecule has 1 unspecified atom stereocenters. The fourth-order valence-electron chi connectivity index (χ4n) is 3.78. The minimum Gasteiger partial charge on any atom is -0.261 e. The fourth-order valence-corrected chi connectivity index (χ4v) is 4.43. The van der Waals surface area contributed by atoms with E-state index in [4.69, 9.17) is 4.99 Å². The maximum atomic E-state index is 4.71. The fraction of sp³-hybridized carbons (Fsp3) is 0.154. The van der Waals surface area contributed by atoms with Gasteiger partial charge in [-0.05, 0) is 59.9 Å². The standard InChI is InChI=1S/C26H20N2S/c1-2-5-19(6-3-1)7-4-8-20-9-11-24-23(14-20)15-22(17-27-24)13-21-10-12-26-25(16-21)28-18-29-26/h1-3,5-6,9-12,14,16-18,22H,7,13,15H2. The van der Waals surface area contributed by atoms with Crippen LogP contribution < -0.4 is 0 Å². The van der Waals surface area contributed by atoms with E-state index in [1.54, 1.807) is 11.3 Å². The number of fused-ring (bicyclic) bond motifs is 2. The summed E-state index contributed by atoms with van der Waals surface area (Å²) in [5.74, 6) is 7.02. The first kappa shape index (κ1) is 17.8. The number of hydrogen-bond acceptors (Lipinski definition) is 3. The van der Waals surface area contributed by atoms with Crippen molar-refractivity contribution in [2.24, 2.45) is 10.9 Å². The van der Waals surface area contributed by atoms with Gasteiger partial charge in [0.2, 0.25) is 0 Å². The Morgan fingerprint density at radius 1 is 0.966 bits per heavy atom. The van der Waals surface area contributed by atoms with Crippen LogP contribution in [-0.2, 0) is 19.3 Å². The molecule has 0 saturated carbocycles. The molecule has 0 aliphatic carbocycles. The maximum Gasteiger partial charge on any atom is 0.0814 e. The molecule has 2 heterocycles. The van der Waals surface area contributed by atoms with Gasteiger partial charge in [-0.15, -0.1) is 11.3 Å². The zero-order chi connectivity index (χ0) is 19.5. The third-order valence-electron chi connectivity index (χ3n) is 5.25. The second-order valence-electron chi connectivity index (χ2n) is 7.41. The van der Waals surface area contributed by atoms with E-state index in [1.807, 2.05) is 11.6 Å². The summed E-state index contributed by atoms with van der Waals surface area (Å²) in [5, 5.41) is 0. The SMILES string of the molecule is C(#Cc1ccc2c(c1)CC(Cc1ccc3scnc3c1)C=N2)Cc1ccccc1. The van der Waals surface area contributed by atoms with E-state index in [-0.39, 0.29) is 0 Å². The van der Waals surface area contributed by atoms with Crippen molar-refractivity contribution in [3.05, 3.63) is 94.5 Å². The quantitative estimate of drug-likeness (QED) is 0.392. The topological polar surface area (TPSA) is 25.2 Å². The summed E-state index contributed by atoms with van der Waals surface area (Å²) in [6, 6.07) is 23.4. The molecule has 0 saturated heterocycles. The first-order valence-corrected chi connectivity index (χ1v) is 10.7. The van der Waals surface area contributed by atoms with Gasteiger partial charge in [0.15, 0.2) is 0 Å². The second kappa shape index (κ2) is 8.03. The minimum absolute atomic E-state index is 0.408. The van der Waals surface area contributed by atoms with Gasteiger partial charge in [0.05, 0.1) is 21.4 Å². The van der Waals surface area contributed by atoms with Crippen LogP contribution in [-0.4, -0.2) is 11.2 Å². The van der Waals surface area contributed by atoms with E-state index in [0.717, 1.165) is 36.0 Å². The summed E-state index contributed by atoms with van der Waals surface area (Å²) in [5.41, 5.74) is 9.01. The number of aliphatic imine (C=N–C) groups is 1. The highest BCUT2D eigenvalue weighted by molar-refractivity contribution is 7.16. The van der Waals surface area contributed by atoms with Crippen LogP contribution in [0.25, 0.3) is 10.2 Å². The number of thiazole rings is 1. The Morgan fingerprint density at radius 3 is 2.83 bits per heavy atom. The van der Waals surface area contributed by atoms with Crippen molar-refractivity contribution in [3.63, 3.8) is 0 Å². The van der Waals surface area contributed by atoms with Crippen molar-refractivity contribution in [1.29, 1.82) is 0 Å². The lowest BCUT2D eigenvalue weighted by Gasteiger charge is -2.19. The van der Waals surface area contributed by atoms with Gasteiger partial charge in [-0.2, -0.15) is 0 Å². The van der Waals surface area contributed by atoms with Crippen molar-refractivity contribution in [1.82, 2.24) is 4.98 Å². The highest BCUT2D eigenvalue weighted by atomic mass is 32.1. The largest absolute Gasteiger partial charge is 0.261 e. The number of benzene rings is 3. The zero-order valence-corrected chi connectivity index (χ0v) is 16.8. The normalized spacial score (nSPS) is 15.0. The molecule has 1 aliphatic heterocycles. The highest BCUT2D eigenvalue weighted by Gasteiger charge is 2.16. The lowest BCUT2D eigenvalue weighted by atomic mass is 9.90. The van der Waals surface area contributed by atoms with Gasteiger partial charge < -0.3 is 0 Å². The summed E-state index contributed by atoms with van der Waals surface area (Å²) in [6.07, 6.45) is 4.87. The molecule has 0 spiro atoms. The molecule has 3 aromatic carbocycles. The third-order valence-corrected chi connectivity index (χ3v) is 6.06. The van der Waals surface area contributed by atoms with Crippen LogP contribution >= 0.6 is 11.3 Å². The first-order valence-electron chi connectivity index (χ1n) is 9.85. The van der Waals surface area contributed by atoms with Gasteiger partial charge in [-0.3, -0.25) is 4.99 Å². The summed E-state index contributed by atoms with van der Waals surface area (Å²) >= 11 is 1.69. The molecule has 0 amide bonds. The maximum absolute atomic E-state index is 4.71. The van der Waals surface area contributed by atoms with Gasteiger partial charge in [0.25, 0.3) is 0 Å². The lowest BCUT2D eigenvalue weighted by molar-refractivity contribution is 0.688. The molecular formula is C26H20N2S.